The Morgan fingerprint density at radius 3 is 2.44 bits per heavy atom. The van der Waals surface area contributed by atoms with Crippen LogP contribution in [-0.2, 0) is 16.0 Å². The normalized spacial score (nSPS) is 26.0. The fourth-order valence-corrected chi connectivity index (χ4v) is 3.93. The first-order valence-corrected chi connectivity index (χ1v) is 9.37. The summed E-state index contributed by atoms with van der Waals surface area (Å²) in [5.74, 6) is 1.02. The van der Waals surface area contributed by atoms with Crippen molar-refractivity contribution in [2.24, 2.45) is 5.92 Å². The summed E-state index contributed by atoms with van der Waals surface area (Å²) in [7, 11) is 0. The summed E-state index contributed by atoms with van der Waals surface area (Å²) >= 11 is 0. The van der Waals surface area contributed by atoms with Crippen molar-refractivity contribution in [1.82, 2.24) is 4.90 Å². The van der Waals surface area contributed by atoms with E-state index in [2.05, 4.69) is 11.8 Å². The Labute approximate surface area is 157 Å². The average molecular weight is 367 g/mol. The molecule has 2 fully saturated rings. The van der Waals surface area contributed by atoms with Crippen LogP contribution in [0, 0.1) is 5.92 Å². The highest BCUT2D eigenvalue weighted by Gasteiger charge is 2.30. The number of amides is 1. The topological polar surface area (TPSA) is 55.6 Å². The van der Waals surface area contributed by atoms with Gasteiger partial charge in [0, 0.05) is 24.9 Å². The maximum atomic E-state index is 13.0. The molecule has 0 aromatic heterocycles. The van der Waals surface area contributed by atoms with Crippen molar-refractivity contribution in [2.75, 3.05) is 18.9 Å². The molecule has 5 heteroatoms. The summed E-state index contributed by atoms with van der Waals surface area (Å²) in [5.41, 5.74) is 7.52. The molecule has 1 aliphatic heterocycles. The molecule has 1 heterocycles. The number of hydrogen-bond donors (Lipinski definition) is 1. The minimum atomic E-state index is 0. The zero-order valence-corrected chi connectivity index (χ0v) is 16.0. The third-order valence-corrected chi connectivity index (χ3v) is 5.51. The molecule has 4 nitrogen and oxygen atoms in total. The molecule has 1 aliphatic carbocycles. The highest BCUT2D eigenvalue weighted by atomic mass is 35.5. The number of rotatable bonds is 5. The molecule has 1 amide bonds. The number of ether oxygens (including phenoxy) is 1. The maximum Gasteiger partial charge on any atom is 0.227 e. The van der Waals surface area contributed by atoms with Gasteiger partial charge >= 0.3 is 0 Å². The standard InChI is InChI=1S/C20H30N2O2.ClH/c1-15-4-10-18(11-5-15)22(14-19-3-2-12-24-19)20(23)13-16-6-8-17(21)9-7-16;/h6-9,15,18-19H,2-5,10-14,21H2,1H3;1H. The molecule has 0 bridgehead atoms. The van der Waals surface area contributed by atoms with Gasteiger partial charge in [-0.25, -0.2) is 0 Å². The molecular formula is C20H31ClN2O2. The number of carbonyl (C=O) groups is 1. The molecule has 0 radical (unpaired) electrons. The van der Waals surface area contributed by atoms with Crippen LogP contribution in [0.1, 0.15) is 51.0 Å². The second-order valence-electron chi connectivity index (χ2n) is 7.51. The van der Waals surface area contributed by atoms with Crippen molar-refractivity contribution in [1.29, 1.82) is 0 Å². The second kappa shape index (κ2) is 9.44. The van der Waals surface area contributed by atoms with Gasteiger partial charge in [0.1, 0.15) is 0 Å². The third-order valence-electron chi connectivity index (χ3n) is 5.51. The van der Waals surface area contributed by atoms with E-state index in [4.69, 9.17) is 10.5 Å². The smallest absolute Gasteiger partial charge is 0.227 e. The van der Waals surface area contributed by atoms with Gasteiger partial charge in [-0.2, -0.15) is 0 Å². The van der Waals surface area contributed by atoms with Gasteiger partial charge in [-0.3, -0.25) is 4.79 Å². The van der Waals surface area contributed by atoms with Gasteiger partial charge in [0.05, 0.1) is 12.5 Å². The summed E-state index contributed by atoms with van der Waals surface area (Å²) in [6.07, 6.45) is 7.58. The van der Waals surface area contributed by atoms with Crippen molar-refractivity contribution < 1.29 is 9.53 Å². The number of benzene rings is 1. The van der Waals surface area contributed by atoms with Crippen LogP contribution in [0.15, 0.2) is 24.3 Å². The monoisotopic (exact) mass is 366 g/mol. The van der Waals surface area contributed by atoms with E-state index in [1.807, 2.05) is 24.3 Å². The Balaban J connectivity index is 0.00000225. The van der Waals surface area contributed by atoms with Crippen molar-refractivity contribution in [2.45, 2.75) is 64.0 Å². The van der Waals surface area contributed by atoms with Crippen LogP contribution in [0.3, 0.4) is 0 Å². The molecule has 1 saturated heterocycles. The van der Waals surface area contributed by atoms with Gasteiger partial charge in [0.2, 0.25) is 5.91 Å². The van der Waals surface area contributed by atoms with Crippen LogP contribution in [0.2, 0.25) is 0 Å². The molecule has 3 rings (SSSR count). The van der Waals surface area contributed by atoms with Crippen LogP contribution in [0.25, 0.3) is 0 Å². The van der Waals surface area contributed by atoms with Crippen LogP contribution < -0.4 is 5.73 Å². The summed E-state index contributed by atoms with van der Waals surface area (Å²) in [5, 5.41) is 0. The van der Waals surface area contributed by atoms with E-state index >= 15 is 0 Å². The second-order valence-corrected chi connectivity index (χ2v) is 7.51. The minimum absolute atomic E-state index is 0. The SMILES string of the molecule is CC1CCC(N(CC2CCCO2)C(=O)Cc2ccc(N)cc2)CC1.Cl. The lowest BCUT2D eigenvalue weighted by Crippen LogP contribution is -2.46. The van der Waals surface area contributed by atoms with E-state index in [-0.39, 0.29) is 24.4 Å². The van der Waals surface area contributed by atoms with Crippen LogP contribution in [0.4, 0.5) is 5.69 Å². The van der Waals surface area contributed by atoms with E-state index in [9.17, 15) is 4.79 Å². The molecule has 25 heavy (non-hydrogen) atoms. The first-order chi connectivity index (χ1) is 11.6. The van der Waals surface area contributed by atoms with E-state index < -0.39 is 0 Å². The van der Waals surface area contributed by atoms with Gasteiger partial charge < -0.3 is 15.4 Å². The molecule has 2 N–H and O–H groups in total. The zero-order valence-electron chi connectivity index (χ0n) is 15.2. The molecule has 1 aromatic carbocycles. The number of nitrogens with zero attached hydrogens (tertiary/aromatic N) is 1. The Morgan fingerprint density at radius 1 is 1.16 bits per heavy atom. The number of anilines is 1. The fourth-order valence-electron chi connectivity index (χ4n) is 3.93. The summed E-state index contributed by atoms with van der Waals surface area (Å²) < 4.78 is 5.80. The van der Waals surface area contributed by atoms with E-state index in [0.717, 1.165) is 56.0 Å². The van der Waals surface area contributed by atoms with Crippen molar-refractivity contribution in [3.8, 4) is 0 Å². The van der Waals surface area contributed by atoms with E-state index in [1.165, 1.54) is 12.8 Å². The summed E-state index contributed by atoms with van der Waals surface area (Å²) in [4.78, 5) is 15.1. The van der Waals surface area contributed by atoms with Crippen LogP contribution >= 0.6 is 12.4 Å². The van der Waals surface area contributed by atoms with Gasteiger partial charge in [-0.1, -0.05) is 19.1 Å². The highest BCUT2D eigenvalue weighted by molar-refractivity contribution is 5.85. The zero-order chi connectivity index (χ0) is 16.9. The largest absolute Gasteiger partial charge is 0.399 e. The van der Waals surface area contributed by atoms with Gasteiger partial charge in [-0.15, -0.1) is 12.4 Å². The third kappa shape index (κ3) is 5.61. The highest BCUT2D eigenvalue weighted by Crippen LogP contribution is 2.28. The first kappa shape index (κ1) is 20.1. The number of nitrogen functional groups attached to an aromatic ring is 1. The number of carbonyl (C=O) groups excluding carboxylic acids is 1. The Morgan fingerprint density at radius 2 is 1.84 bits per heavy atom. The fraction of sp³-hybridized carbons (Fsp3) is 0.650. The lowest BCUT2D eigenvalue weighted by molar-refractivity contribution is -0.135. The lowest BCUT2D eigenvalue weighted by atomic mass is 9.86. The van der Waals surface area contributed by atoms with Crippen molar-refractivity contribution >= 4 is 24.0 Å². The minimum Gasteiger partial charge on any atom is -0.399 e. The molecule has 1 saturated carbocycles. The van der Waals surface area contributed by atoms with Gasteiger partial charge in [0.25, 0.3) is 0 Å². The number of halogens is 1. The van der Waals surface area contributed by atoms with Gasteiger partial charge in [-0.05, 0) is 62.1 Å². The molecule has 0 spiro atoms. The molecular weight excluding hydrogens is 336 g/mol. The molecule has 140 valence electrons. The first-order valence-electron chi connectivity index (χ1n) is 9.37. The molecule has 2 aliphatic rings. The Hall–Kier alpha value is -1.26. The molecule has 1 unspecified atom stereocenters. The van der Waals surface area contributed by atoms with Crippen molar-refractivity contribution in [3.05, 3.63) is 29.8 Å². The summed E-state index contributed by atoms with van der Waals surface area (Å²) in [6, 6.07) is 8.04. The number of nitrogens with two attached hydrogens (primary N) is 1. The van der Waals surface area contributed by atoms with Crippen LogP contribution in [0.5, 0.6) is 0 Å². The maximum absolute atomic E-state index is 13.0. The summed E-state index contributed by atoms with van der Waals surface area (Å²) in [6.45, 7) is 3.91. The van der Waals surface area contributed by atoms with Gasteiger partial charge in [0.15, 0.2) is 0 Å². The predicted molar refractivity (Wildman–Crippen MR) is 104 cm³/mol. The van der Waals surface area contributed by atoms with Crippen LogP contribution in [-0.4, -0.2) is 36.1 Å². The average Bonchev–Trinajstić information content (AvgIpc) is 3.09. The predicted octanol–water partition coefficient (Wildman–Crippen LogP) is 3.82. The Bertz CT molecular complexity index is 535. The Kier molecular flexibility index (Phi) is 7.57. The lowest BCUT2D eigenvalue weighted by Gasteiger charge is -2.37. The molecule has 1 aromatic rings. The van der Waals surface area contributed by atoms with Crippen molar-refractivity contribution in [3.63, 3.8) is 0 Å². The quantitative estimate of drug-likeness (QED) is 0.806. The number of hydrogen-bond acceptors (Lipinski definition) is 3. The van der Waals surface area contributed by atoms with E-state index in [0.29, 0.717) is 12.5 Å². The molecule has 1 atom stereocenters. The van der Waals surface area contributed by atoms with E-state index in [1.54, 1.807) is 0 Å².